The molecule has 0 aliphatic heterocycles. The minimum atomic E-state index is -0.0593. The second-order valence-electron chi connectivity index (χ2n) is 3.86. The third-order valence-electron chi connectivity index (χ3n) is 2.68. The second kappa shape index (κ2) is 5.31. The van der Waals surface area contributed by atoms with E-state index in [1.165, 1.54) is 13.2 Å². The molecule has 0 amide bonds. The molecular weight excluding hydrogens is 230 g/mol. The Bertz CT molecular complexity index is 616. The van der Waals surface area contributed by atoms with Crippen molar-refractivity contribution in [3.8, 4) is 5.75 Å². The molecule has 4 heteroatoms. The molecule has 1 heterocycles. The summed E-state index contributed by atoms with van der Waals surface area (Å²) in [4.78, 5) is 22.4. The van der Waals surface area contributed by atoms with Crippen LogP contribution in [-0.4, -0.2) is 18.0 Å². The first-order valence-electron chi connectivity index (χ1n) is 5.52. The second-order valence-corrected chi connectivity index (χ2v) is 3.86. The van der Waals surface area contributed by atoms with Gasteiger partial charge in [-0.3, -0.25) is 9.59 Å². The maximum Gasteiger partial charge on any atom is 0.250 e. The van der Waals surface area contributed by atoms with Crippen LogP contribution in [0.1, 0.15) is 15.9 Å². The molecule has 0 aliphatic carbocycles. The zero-order valence-corrected chi connectivity index (χ0v) is 10.00. The Labute approximate surface area is 104 Å². The number of aldehydes is 1. The molecule has 18 heavy (non-hydrogen) atoms. The zero-order chi connectivity index (χ0) is 13.0. The van der Waals surface area contributed by atoms with Crippen LogP contribution >= 0.6 is 0 Å². The van der Waals surface area contributed by atoms with Crippen LogP contribution in [0.4, 0.5) is 0 Å². The summed E-state index contributed by atoms with van der Waals surface area (Å²) < 4.78 is 6.72. The lowest BCUT2D eigenvalue weighted by Gasteiger charge is -2.08. The minimum absolute atomic E-state index is 0.0593. The number of ether oxygens (including phenoxy) is 1. The van der Waals surface area contributed by atoms with Crippen LogP contribution in [0.2, 0.25) is 0 Å². The van der Waals surface area contributed by atoms with E-state index in [9.17, 15) is 9.59 Å². The van der Waals surface area contributed by atoms with Crippen LogP contribution in [0.5, 0.6) is 5.75 Å². The number of hydrogen-bond donors (Lipinski definition) is 0. The summed E-state index contributed by atoms with van der Waals surface area (Å²) >= 11 is 0. The topological polar surface area (TPSA) is 48.3 Å². The van der Waals surface area contributed by atoms with E-state index >= 15 is 0 Å². The van der Waals surface area contributed by atoms with Gasteiger partial charge in [-0.25, -0.2) is 0 Å². The summed E-state index contributed by atoms with van der Waals surface area (Å²) in [5, 5.41) is 0. The van der Waals surface area contributed by atoms with E-state index < -0.39 is 0 Å². The zero-order valence-electron chi connectivity index (χ0n) is 10.00. The van der Waals surface area contributed by atoms with E-state index in [-0.39, 0.29) is 5.56 Å². The number of nitrogens with zero attached hydrogens (tertiary/aromatic N) is 1. The fourth-order valence-electron chi connectivity index (χ4n) is 1.74. The lowest BCUT2D eigenvalue weighted by atomic mass is 10.1. The molecule has 2 aromatic rings. The maximum absolute atomic E-state index is 11.6. The molecule has 4 nitrogen and oxygen atoms in total. The molecule has 92 valence electrons. The molecule has 0 unspecified atom stereocenters. The summed E-state index contributed by atoms with van der Waals surface area (Å²) in [6.07, 6.45) is 2.47. The van der Waals surface area contributed by atoms with Crippen molar-refractivity contribution in [1.82, 2.24) is 4.57 Å². The van der Waals surface area contributed by atoms with Gasteiger partial charge in [0, 0.05) is 12.3 Å². The largest absolute Gasteiger partial charge is 0.496 e. The van der Waals surface area contributed by atoms with Gasteiger partial charge in [0.05, 0.1) is 19.2 Å². The number of pyridine rings is 1. The Morgan fingerprint density at radius 1 is 1.28 bits per heavy atom. The van der Waals surface area contributed by atoms with Crippen LogP contribution in [-0.2, 0) is 6.54 Å². The summed E-state index contributed by atoms with van der Waals surface area (Å²) in [5.74, 6) is 0.520. The Morgan fingerprint density at radius 2 is 2.11 bits per heavy atom. The number of rotatable bonds is 4. The Balaban J connectivity index is 2.33. The summed E-state index contributed by atoms with van der Waals surface area (Å²) in [6, 6.07) is 10.3. The number of carbonyl (C=O) groups excluding carboxylic acids is 1. The van der Waals surface area contributed by atoms with E-state index in [0.717, 1.165) is 11.8 Å². The van der Waals surface area contributed by atoms with Crippen molar-refractivity contribution >= 4 is 6.29 Å². The highest BCUT2D eigenvalue weighted by atomic mass is 16.5. The Kier molecular flexibility index (Phi) is 3.57. The monoisotopic (exact) mass is 243 g/mol. The van der Waals surface area contributed by atoms with Crippen molar-refractivity contribution < 1.29 is 9.53 Å². The van der Waals surface area contributed by atoms with Crippen molar-refractivity contribution in [3.63, 3.8) is 0 Å². The first kappa shape index (κ1) is 12.1. The predicted octanol–water partition coefficient (Wildman–Crippen LogP) is 1.72. The van der Waals surface area contributed by atoms with Crippen molar-refractivity contribution in [2.75, 3.05) is 7.11 Å². The van der Waals surface area contributed by atoms with Crippen LogP contribution in [0.25, 0.3) is 0 Å². The lowest BCUT2D eigenvalue weighted by Crippen LogP contribution is -2.18. The molecule has 0 aliphatic rings. The fourth-order valence-corrected chi connectivity index (χ4v) is 1.74. The fraction of sp³-hybridized carbons (Fsp3) is 0.143. The molecule has 1 aromatic carbocycles. The van der Waals surface area contributed by atoms with Crippen molar-refractivity contribution in [2.45, 2.75) is 6.54 Å². The van der Waals surface area contributed by atoms with E-state index in [2.05, 4.69) is 0 Å². The van der Waals surface area contributed by atoms with Crippen LogP contribution in [0.3, 0.4) is 0 Å². The number of hydrogen-bond acceptors (Lipinski definition) is 3. The van der Waals surface area contributed by atoms with Gasteiger partial charge >= 0.3 is 0 Å². The standard InChI is InChI=1S/C14H13NO3/c1-18-13-8-11(5-6-12(13)10-16)9-15-7-3-2-4-14(15)17/h2-8,10H,9H2,1H3. The van der Waals surface area contributed by atoms with E-state index in [1.807, 2.05) is 6.07 Å². The normalized spacial score (nSPS) is 10.1. The van der Waals surface area contributed by atoms with Crippen LogP contribution < -0.4 is 10.3 Å². The summed E-state index contributed by atoms with van der Waals surface area (Å²) in [6.45, 7) is 0.454. The Morgan fingerprint density at radius 3 is 2.78 bits per heavy atom. The average molecular weight is 243 g/mol. The van der Waals surface area contributed by atoms with Gasteiger partial charge in [0.15, 0.2) is 6.29 Å². The number of benzene rings is 1. The van der Waals surface area contributed by atoms with E-state index in [1.54, 1.807) is 35.0 Å². The third-order valence-corrected chi connectivity index (χ3v) is 2.68. The molecule has 0 saturated carbocycles. The van der Waals surface area contributed by atoms with Gasteiger partial charge in [0.1, 0.15) is 5.75 Å². The molecule has 0 spiro atoms. The first-order chi connectivity index (χ1) is 8.74. The number of carbonyl (C=O) groups is 1. The first-order valence-corrected chi connectivity index (χ1v) is 5.52. The number of methoxy groups -OCH3 is 1. The maximum atomic E-state index is 11.6. The molecule has 0 saturated heterocycles. The van der Waals surface area contributed by atoms with Gasteiger partial charge < -0.3 is 9.30 Å². The van der Waals surface area contributed by atoms with Crippen LogP contribution in [0, 0.1) is 0 Å². The lowest BCUT2D eigenvalue weighted by molar-refractivity contribution is 0.112. The highest BCUT2D eigenvalue weighted by Gasteiger charge is 2.04. The highest BCUT2D eigenvalue weighted by molar-refractivity contribution is 5.79. The van der Waals surface area contributed by atoms with Crippen molar-refractivity contribution in [2.24, 2.45) is 0 Å². The summed E-state index contributed by atoms with van der Waals surface area (Å²) in [7, 11) is 1.51. The smallest absolute Gasteiger partial charge is 0.250 e. The Hall–Kier alpha value is -2.36. The minimum Gasteiger partial charge on any atom is -0.496 e. The molecule has 0 bridgehead atoms. The number of aromatic nitrogens is 1. The van der Waals surface area contributed by atoms with E-state index in [0.29, 0.717) is 17.9 Å². The van der Waals surface area contributed by atoms with Crippen LogP contribution in [0.15, 0.2) is 47.4 Å². The predicted molar refractivity (Wildman–Crippen MR) is 68.2 cm³/mol. The quantitative estimate of drug-likeness (QED) is 0.768. The van der Waals surface area contributed by atoms with Gasteiger partial charge in [0.2, 0.25) is 0 Å². The average Bonchev–Trinajstić information content (AvgIpc) is 2.41. The van der Waals surface area contributed by atoms with Gasteiger partial charge in [-0.15, -0.1) is 0 Å². The molecule has 0 atom stereocenters. The summed E-state index contributed by atoms with van der Waals surface area (Å²) in [5.41, 5.74) is 1.35. The van der Waals surface area contributed by atoms with Gasteiger partial charge in [0.25, 0.3) is 5.56 Å². The third kappa shape index (κ3) is 2.48. The van der Waals surface area contributed by atoms with Crippen molar-refractivity contribution in [3.05, 3.63) is 64.1 Å². The van der Waals surface area contributed by atoms with Gasteiger partial charge in [-0.05, 0) is 23.8 Å². The van der Waals surface area contributed by atoms with E-state index in [4.69, 9.17) is 4.74 Å². The molecular formula is C14H13NO3. The van der Waals surface area contributed by atoms with Crippen molar-refractivity contribution in [1.29, 1.82) is 0 Å². The van der Waals surface area contributed by atoms with Gasteiger partial charge in [-0.2, -0.15) is 0 Å². The van der Waals surface area contributed by atoms with Gasteiger partial charge in [-0.1, -0.05) is 12.1 Å². The molecule has 2 rings (SSSR count). The molecule has 0 fully saturated rings. The highest BCUT2D eigenvalue weighted by Crippen LogP contribution is 2.18. The molecule has 0 N–H and O–H groups in total. The molecule has 0 radical (unpaired) electrons. The SMILES string of the molecule is COc1cc(Cn2ccccc2=O)ccc1C=O. The molecule has 1 aromatic heterocycles.